The number of benzene rings is 4. The van der Waals surface area contributed by atoms with Crippen LogP contribution in [0.1, 0.15) is 28.4 Å². The Kier molecular flexibility index (Phi) is 5.82. The number of aromatic hydroxyl groups is 1. The molecule has 0 unspecified atom stereocenters. The fraction of sp³-hybridized carbons (Fsp3) is 0.121. The maximum atomic E-state index is 10.4. The number of rotatable bonds is 4. The first kappa shape index (κ1) is 24.7. The van der Waals surface area contributed by atoms with E-state index in [-0.39, 0.29) is 11.8 Å². The van der Waals surface area contributed by atoms with Crippen LogP contribution in [0.25, 0.3) is 5.69 Å². The molecule has 2 N–H and O–H groups in total. The lowest BCUT2D eigenvalue weighted by atomic mass is 9.93. The van der Waals surface area contributed by atoms with E-state index in [2.05, 4.69) is 35.3 Å². The number of fused-ring (bicyclic) bond motifs is 4. The van der Waals surface area contributed by atoms with Crippen LogP contribution in [0.15, 0.2) is 107 Å². The number of aliphatic imine (C=N–C) groups is 2. The molecule has 8 nitrogen and oxygen atoms in total. The summed E-state index contributed by atoms with van der Waals surface area (Å²) in [6.07, 6.45) is 0. The second-order valence-electron chi connectivity index (χ2n) is 10.2. The minimum absolute atomic E-state index is 0.0836. The summed E-state index contributed by atoms with van der Waals surface area (Å²) in [4.78, 5) is 12.5. The molecule has 0 bridgehead atoms. The standard InChI is InChI=1S/C33H28N6O2/c1-20-10-9-11-23(18-20)34-31-33-36-32-29(21(2)37-39(32)24-12-5-4-6-13-24)30(22-16-17-27(40)28(19-22)41-3)38(33)26-15-8-7-14-25(26)35-31/h4-19,30,40H,1-3H3,(H,34,35)/t30-/m1/s1. The Morgan fingerprint density at radius 1 is 0.854 bits per heavy atom. The minimum atomic E-state index is -0.324. The van der Waals surface area contributed by atoms with Gasteiger partial charge in [0.05, 0.1) is 35.9 Å². The van der Waals surface area contributed by atoms with Gasteiger partial charge in [-0.2, -0.15) is 5.10 Å². The van der Waals surface area contributed by atoms with Crippen molar-refractivity contribution >= 4 is 34.6 Å². The highest BCUT2D eigenvalue weighted by Gasteiger charge is 2.41. The van der Waals surface area contributed by atoms with E-state index in [9.17, 15) is 5.11 Å². The van der Waals surface area contributed by atoms with Crippen LogP contribution >= 0.6 is 0 Å². The van der Waals surface area contributed by atoms with Gasteiger partial charge >= 0.3 is 0 Å². The van der Waals surface area contributed by atoms with Crippen molar-refractivity contribution in [1.82, 2.24) is 9.78 Å². The van der Waals surface area contributed by atoms with E-state index in [1.54, 1.807) is 13.2 Å². The zero-order valence-electron chi connectivity index (χ0n) is 22.9. The second-order valence-corrected chi connectivity index (χ2v) is 10.2. The summed E-state index contributed by atoms with van der Waals surface area (Å²) in [7, 11) is 1.56. The third-order valence-corrected chi connectivity index (χ3v) is 7.44. The van der Waals surface area contributed by atoms with Crippen LogP contribution < -0.4 is 15.0 Å². The molecule has 0 saturated heterocycles. The maximum absolute atomic E-state index is 10.4. The molecule has 0 radical (unpaired) electrons. The number of hydrogen-bond acceptors (Lipinski definition) is 7. The molecule has 7 rings (SSSR count). The topological polar surface area (TPSA) is 87.3 Å². The largest absolute Gasteiger partial charge is 0.504 e. The molecular formula is C33H28N6O2. The third-order valence-electron chi connectivity index (χ3n) is 7.44. The normalized spacial score (nSPS) is 15.3. The van der Waals surface area contributed by atoms with Crippen molar-refractivity contribution in [2.75, 3.05) is 17.3 Å². The Bertz CT molecular complexity index is 1860. The summed E-state index contributed by atoms with van der Waals surface area (Å²) < 4.78 is 7.42. The number of amidine groups is 2. The van der Waals surface area contributed by atoms with E-state index >= 15 is 0 Å². The monoisotopic (exact) mass is 540 g/mol. The van der Waals surface area contributed by atoms with Crippen LogP contribution in [0.3, 0.4) is 0 Å². The van der Waals surface area contributed by atoms with Gasteiger partial charge < -0.3 is 20.1 Å². The number of phenolic OH excluding ortho intramolecular Hbond substituents is 1. The van der Waals surface area contributed by atoms with Crippen molar-refractivity contribution in [2.45, 2.75) is 19.9 Å². The smallest absolute Gasteiger partial charge is 0.179 e. The number of aryl methyl sites for hydroxylation is 2. The Morgan fingerprint density at radius 2 is 1.66 bits per heavy atom. The Balaban J connectivity index is 1.51. The van der Waals surface area contributed by atoms with Gasteiger partial charge in [-0.25, -0.2) is 14.7 Å². The predicted octanol–water partition coefficient (Wildman–Crippen LogP) is 7.00. The third kappa shape index (κ3) is 4.12. The van der Waals surface area contributed by atoms with Gasteiger partial charge in [-0.3, -0.25) is 0 Å². The molecule has 0 spiro atoms. The van der Waals surface area contributed by atoms with Crippen LogP contribution in [-0.4, -0.2) is 33.7 Å². The number of hydrogen-bond donors (Lipinski definition) is 2. The molecule has 0 fully saturated rings. The molecule has 0 saturated carbocycles. The molecule has 202 valence electrons. The van der Waals surface area contributed by atoms with Gasteiger partial charge in [0.15, 0.2) is 29.0 Å². The molecular weight excluding hydrogens is 512 g/mol. The number of ether oxygens (including phenoxy) is 1. The van der Waals surface area contributed by atoms with Crippen molar-refractivity contribution in [3.63, 3.8) is 0 Å². The van der Waals surface area contributed by atoms with Gasteiger partial charge in [-0.1, -0.05) is 48.5 Å². The van der Waals surface area contributed by atoms with Gasteiger partial charge in [0.1, 0.15) is 0 Å². The lowest BCUT2D eigenvalue weighted by Crippen LogP contribution is -2.46. The number of para-hydroxylation sites is 3. The summed E-state index contributed by atoms with van der Waals surface area (Å²) in [6, 6.07) is 31.4. The molecule has 3 heterocycles. The van der Waals surface area contributed by atoms with Crippen LogP contribution in [0.2, 0.25) is 0 Å². The van der Waals surface area contributed by atoms with Gasteiger partial charge in [-0.15, -0.1) is 0 Å². The Hall–Kier alpha value is -5.37. The van der Waals surface area contributed by atoms with Crippen LogP contribution in [-0.2, 0) is 0 Å². The molecule has 4 aromatic carbocycles. The van der Waals surface area contributed by atoms with Crippen LogP contribution in [0.5, 0.6) is 11.5 Å². The van der Waals surface area contributed by atoms with Crippen molar-refractivity contribution in [3.8, 4) is 17.2 Å². The highest BCUT2D eigenvalue weighted by atomic mass is 16.5. The van der Waals surface area contributed by atoms with Crippen molar-refractivity contribution < 1.29 is 9.84 Å². The summed E-state index contributed by atoms with van der Waals surface area (Å²) in [5.74, 6) is 2.52. The average molecular weight is 541 g/mol. The fourth-order valence-corrected chi connectivity index (χ4v) is 5.59. The van der Waals surface area contributed by atoms with Crippen molar-refractivity contribution in [2.24, 2.45) is 9.98 Å². The molecule has 2 aliphatic rings. The van der Waals surface area contributed by atoms with E-state index in [1.165, 1.54) is 0 Å². The predicted molar refractivity (Wildman–Crippen MR) is 163 cm³/mol. The second kappa shape index (κ2) is 9.67. The van der Waals surface area contributed by atoms with Crippen molar-refractivity contribution in [3.05, 3.63) is 119 Å². The SMILES string of the molecule is COc1cc([C@@H]2c3c(C)nn(-c4ccccc4)c3N=C3C(Nc4cccc(C)c4)=Nc4ccccc4N32)ccc1O. The summed E-state index contributed by atoms with van der Waals surface area (Å²) in [5.41, 5.74) is 7.49. The van der Waals surface area contributed by atoms with Gasteiger partial charge in [-0.05, 0) is 73.5 Å². The van der Waals surface area contributed by atoms with Gasteiger partial charge in [0.25, 0.3) is 0 Å². The molecule has 1 atom stereocenters. The molecule has 0 amide bonds. The molecule has 2 aliphatic heterocycles. The Labute approximate surface area is 237 Å². The number of methoxy groups -OCH3 is 1. The molecule has 8 heteroatoms. The number of aromatic nitrogens is 2. The molecule has 1 aromatic heterocycles. The molecule has 41 heavy (non-hydrogen) atoms. The zero-order chi connectivity index (χ0) is 28.1. The summed E-state index contributed by atoms with van der Waals surface area (Å²) >= 11 is 0. The fourth-order valence-electron chi connectivity index (χ4n) is 5.59. The highest BCUT2D eigenvalue weighted by molar-refractivity contribution is 6.51. The quantitative estimate of drug-likeness (QED) is 0.256. The molecule has 0 aliphatic carbocycles. The van der Waals surface area contributed by atoms with Gasteiger partial charge in [0.2, 0.25) is 0 Å². The number of anilines is 2. The first-order valence-electron chi connectivity index (χ1n) is 13.4. The van der Waals surface area contributed by atoms with Crippen LogP contribution in [0, 0.1) is 13.8 Å². The minimum Gasteiger partial charge on any atom is -0.504 e. The lowest BCUT2D eigenvalue weighted by Gasteiger charge is -2.40. The number of nitrogens with one attached hydrogen (secondary N) is 1. The van der Waals surface area contributed by atoms with E-state index in [0.29, 0.717) is 17.4 Å². The van der Waals surface area contributed by atoms with E-state index in [1.807, 2.05) is 84.4 Å². The van der Waals surface area contributed by atoms with Gasteiger partial charge in [0, 0.05) is 11.3 Å². The first-order valence-corrected chi connectivity index (χ1v) is 13.4. The van der Waals surface area contributed by atoms with Crippen LogP contribution in [0.4, 0.5) is 22.9 Å². The van der Waals surface area contributed by atoms with E-state index in [0.717, 1.165) is 51.0 Å². The maximum Gasteiger partial charge on any atom is 0.179 e. The zero-order valence-corrected chi connectivity index (χ0v) is 22.9. The van der Waals surface area contributed by atoms with Crippen molar-refractivity contribution in [1.29, 1.82) is 0 Å². The highest BCUT2D eigenvalue weighted by Crippen LogP contribution is 2.49. The number of nitrogens with zero attached hydrogens (tertiary/aromatic N) is 5. The molecule has 5 aromatic rings. The number of phenols is 1. The lowest BCUT2D eigenvalue weighted by molar-refractivity contribution is 0.372. The Morgan fingerprint density at radius 3 is 2.46 bits per heavy atom. The average Bonchev–Trinajstić information content (AvgIpc) is 3.33. The summed E-state index contributed by atoms with van der Waals surface area (Å²) in [5, 5.41) is 19.0. The summed E-state index contributed by atoms with van der Waals surface area (Å²) in [6.45, 7) is 4.08. The first-order chi connectivity index (χ1) is 20.0. The van der Waals surface area contributed by atoms with E-state index in [4.69, 9.17) is 19.8 Å². The van der Waals surface area contributed by atoms with E-state index < -0.39 is 0 Å².